The number of phenols is 1. The third-order valence-electron chi connectivity index (χ3n) is 5.21. The number of aromatic hydroxyl groups is 1. The topological polar surface area (TPSA) is 116 Å². The van der Waals surface area contributed by atoms with E-state index in [0.29, 0.717) is 39.3 Å². The SMILES string of the molecule is Oc1cc(F)cc(-c2ccnc3[nH]c(-c4[nH]nc5cnc(-c6cccnc6)cc45)nc23)c1. The van der Waals surface area contributed by atoms with Crippen molar-refractivity contribution in [1.29, 1.82) is 0 Å². The van der Waals surface area contributed by atoms with E-state index in [-0.39, 0.29) is 5.75 Å². The summed E-state index contributed by atoms with van der Waals surface area (Å²) in [4.78, 5) is 20.9. The van der Waals surface area contributed by atoms with Crippen molar-refractivity contribution in [1.82, 2.24) is 35.1 Å². The lowest BCUT2D eigenvalue weighted by molar-refractivity contribution is 0.469. The molecule has 0 saturated heterocycles. The molecule has 0 saturated carbocycles. The van der Waals surface area contributed by atoms with E-state index in [0.717, 1.165) is 22.7 Å². The molecule has 0 aliphatic rings. The second kappa shape index (κ2) is 6.95. The zero-order chi connectivity index (χ0) is 21.7. The molecule has 5 heterocycles. The van der Waals surface area contributed by atoms with E-state index in [4.69, 9.17) is 4.98 Å². The molecule has 6 rings (SSSR count). The molecular weight excluding hydrogens is 409 g/mol. The predicted molar refractivity (Wildman–Crippen MR) is 117 cm³/mol. The number of H-pyrrole nitrogens is 2. The minimum absolute atomic E-state index is 0.157. The number of rotatable bonds is 3. The van der Waals surface area contributed by atoms with Gasteiger partial charge in [-0.2, -0.15) is 5.10 Å². The average molecular weight is 423 g/mol. The Labute approximate surface area is 179 Å². The van der Waals surface area contributed by atoms with Crippen molar-refractivity contribution in [3.05, 3.63) is 73.1 Å². The van der Waals surface area contributed by atoms with Crippen LogP contribution in [0.15, 0.2) is 67.3 Å². The Morgan fingerprint density at radius 3 is 2.72 bits per heavy atom. The van der Waals surface area contributed by atoms with Gasteiger partial charge in [-0.15, -0.1) is 0 Å². The molecule has 0 unspecified atom stereocenters. The van der Waals surface area contributed by atoms with E-state index < -0.39 is 5.82 Å². The van der Waals surface area contributed by atoms with Crippen LogP contribution in [0.4, 0.5) is 4.39 Å². The molecule has 0 fully saturated rings. The van der Waals surface area contributed by atoms with Crippen molar-refractivity contribution in [3.63, 3.8) is 0 Å². The van der Waals surface area contributed by atoms with Gasteiger partial charge < -0.3 is 10.1 Å². The van der Waals surface area contributed by atoms with Crippen LogP contribution in [0.5, 0.6) is 5.75 Å². The zero-order valence-corrected chi connectivity index (χ0v) is 16.4. The average Bonchev–Trinajstić information content (AvgIpc) is 3.42. The van der Waals surface area contributed by atoms with Gasteiger partial charge >= 0.3 is 0 Å². The van der Waals surface area contributed by atoms with Crippen molar-refractivity contribution in [2.75, 3.05) is 0 Å². The van der Waals surface area contributed by atoms with Gasteiger partial charge in [-0.3, -0.25) is 15.1 Å². The second-order valence-electron chi connectivity index (χ2n) is 7.27. The number of hydrogen-bond donors (Lipinski definition) is 3. The standard InChI is InChI=1S/C23H14FN7O/c24-14-6-13(7-15(32)8-14)16-3-5-26-22-20(16)28-23(29-22)21-17-9-18(12-2-1-4-25-10-12)27-11-19(17)30-31-21/h1-11,32H,(H,30,31)(H,26,28,29). The number of aromatic amines is 2. The lowest BCUT2D eigenvalue weighted by Gasteiger charge is -2.03. The fourth-order valence-corrected chi connectivity index (χ4v) is 3.76. The Kier molecular flexibility index (Phi) is 3.94. The van der Waals surface area contributed by atoms with Crippen molar-refractivity contribution in [2.45, 2.75) is 0 Å². The molecular formula is C23H14FN7O. The summed E-state index contributed by atoms with van der Waals surface area (Å²) in [5.74, 6) is -0.155. The van der Waals surface area contributed by atoms with Gasteiger partial charge in [-0.1, -0.05) is 0 Å². The molecule has 0 bridgehead atoms. The number of benzene rings is 1. The number of halogens is 1. The van der Waals surface area contributed by atoms with Crippen LogP contribution in [0, 0.1) is 5.82 Å². The van der Waals surface area contributed by atoms with Crippen LogP contribution in [-0.4, -0.2) is 40.2 Å². The molecule has 8 nitrogen and oxygen atoms in total. The molecule has 6 aromatic rings. The Morgan fingerprint density at radius 2 is 1.88 bits per heavy atom. The lowest BCUT2D eigenvalue weighted by Crippen LogP contribution is -1.86. The van der Waals surface area contributed by atoms with Crippen molar-refractivity contribution in [2.24, 2.45) is 0 Å². The maximum atomic E-state index is 13.9. The van der Waals surface area contributed by atoms with E-state index >= 15 is 0 Å². The van der Waals surface area contributed by atoms with E-state index in [1.807, 2.05) is 18.2 Å². The maximum Gasteiger partial charge on any atom is 0.158 e. The van der Waals surface area contributed by atoms with Crippen LogP contribution >= 0.6 is 0 Å². The number of nitrogens with zero attached hydrogens (tertiary/aromatic N) is 5. The van der Waals surface area contributed by atoms with Gasteiger partial charge in [0.2, 0.25) is 0 Å². The summed E-state index contributed by atoms with van der Waals surface area (Å²) in [6.07, 6.45) is 6.76. The van der Waals surface area contributed by atoms with Gasteiger partial charge in [0.1, 0.15) is 28.3 Å². The highest BCUT2D eigenvalue weighted by Crippen LogP contribution is 2.33. The first-order valence-electron chi connectivity index (χ1n) is 9.75. The maximum absolute atomic E-state index is 13.9. The quantitative estimate of drug-likeness (QED) is 0.387. The zero-order valence-electron chi connectivity index (χ0n) is 16.4. The van der Waals surface area contributed by atoms with Gasteiger partial charge in [-0.25, -0.2) is 14.4 Å². The van der Waals surface area contributed by atoms with Crippen LogP contribution in [0.2, 0.25) is 0 Å². The fourth-order valence-electron chi connectivity index (χ4n) is 3.76. The molecule has 0 amide bonds. The monoisotopic (exact) mass is 423 g/mol. The summed E-state index contributed by atoms with van der Waals surface area (Å²) in [5.41, 5.74) is 5.26. The van der Waals surface area contributed by atoms with Crippen molar-refractivity contribution >= 4 is 22.1 Å². The summed E-state index contributed by atoms with van der Waals surface area (Å²) in [7, 11) is 0. The number of phenolic OH excluding ortho intramolecular Hbond substituents is 1. The predicted octanol–water partition coefficient (Wildman–Crippen LogP) is 4.47. The van der Waals surface area contributed by atoms with Crippen LogP contribution in [-0.2, 0) is 0 Å². The number of aromatic nitrogens is 7. The summed E-state index contributed by atoms with van der Waals surface area (Å²) in [5, 5.41) is 18.0. The molecule has 0 atom stereocenters. The molecule has 3 N–H and O–H groups in total. The smallest absolute Gasteiger partial charge is 0.158 e. The number of pyridine rings is 3. The van der Waals surface area contributed by atoms with Crippen LogP contribution in [0.3, 0.4) is 0 Å². The van der Waals surface area contributed by atoms with E-state index in [9.17, 15) is 9.50 Å². The first kappa shape index (κ1) is 18.1. The first-order valence-corrected chi connectivity index (χ1v) is 9.75. The van der Waals surface area contributed by atoms with Crippen LogP contribution in [0.25, 0.3) is 56.0 Å². The molecule has 0 aliphatic carbocycles. The van der Waals surface area contributed by atoms with Crippen LogP contribution in [0.1, 0.15) is 0 Å². The number of imidazole rings is 1. The Hall–Kier alpha value is -4.66. The highest BCUT2D eigenvalue weighted by molar-refractivity contribution is 5.96. The van der Waals surface area contributed by atoms with Crippen LogP contribution < -0.4 is 0 Å². The Morgan fingerprint density at radius 1 is 0.938 bits per heavy atom. The minimum Gasteiger partial charge on any atom is -0.508 e. The van der Waals surface area contributed by atoms with Crippen molar-refractivity contribution < 1.29 is 9.50 Å². The normalized spacial score (nSPS) is 11.4. The highest BCUT2D eigenvalue weighted by Gasteiger charge is 2.17. The minimum atomic E-state index is -0.532. The second-order valence-corrected chi connectivity index (χ2v) is 7.27. The van der Waals surface area contributed by atoms with Gasteiger partial charge in [0.05, 0.1) is 11.9 Å². The summed E-state index contributed by atoms with van der Waals surface area (Å²) in [6, 6.07) is 11.3. The third kappa shape index (κ3) is 2.95. The Bertz CT molecular complexity index is 1590. The number of fused-ring (bicyclic) bond motifs is 2. The molecule has 154 valence electrons. The molecule has 1 aromatic carbocycles. The molecule has 32 heavy (non-hydrogen) atoms. The van der Waals surface area contributed by atoms with E-state index in [1.165, 1.54) is 12.1 Å². The molecule has 5 aromatic heterocycles. The molecule has 0 radical (unpaired) electrons. The number of hydrogen-bond acceptors (Lipinski definition) is 6. The van der Waals surface area contributed by atoms with Gasteiger partial charge in [-0.05, 0) is 42.0 Å². The van der Waals surface area contributed by atoms with E-state index in [1.54, 1.807) is 30.9 Å². The number of nitrogens with one attached hydrogen (secondary N) is 2. The third-order valence-corrected chi connectivity index (χ3v) is 5.21. The van der Waals surface area contributed by atoms with Gasteiger partial charge in [0.15, 0.2) is 11.5 Å². The van der Waals surface area contributed by atoms with Gasteiger partial charge in [0, 0.05) is 41.2 Å². The molecule has 9 heteroatoms. The Balaban J connectivity index is 1.52. The largest absolute Gasteiger partial charge is 0.508 e. The summed E-state index contributed by atoms with van der Waals surface area (Å²) >= 11 is 0. The summed E-state index contributed by atoms with van der Waals surface area (Å²) < 4.78 is 13.9. The van der Waals surface area contributed by atoms with Gasteiger partial charge in [0.25, 0.3) is 0 Å². The van der Waals surface area contributed by atoms with E-state index in [2.05, 4.69) is 30.1 Å². The van der Waals surface area contributed by atoms with Crippen molar-refractivity contribution in [3.8, 4) is 39.7 Å². The fraction of sp³-hybridized carbons (Fsp3) is 0. The molecule has 0 spiro atoms. The summed E-state index contributed by atoms with van der Waals surface area (Å²) in [6.45, 7) is 0. The highest BCUT2D eigenvalue weighted by atomic mass is 19.1. The lowest BCUT2D eigenvalue weighted by atomic mass is 10.1. The first-order chi connectivity index (χ1) is 15.7. The molecule has 0 aliphatic heterocycles.